The molecule has 0 bridgehead atoms. The van der Waals surface area contributed by atoms with Crippen LogP contribution in [0.3, 0.4) is 0 Å². The Hall–Kier alpha value is -3.09. The van der Waals surface area contributed by atoms with Crippen LogP contribution >= 0.6 is 0 Å². The standard InChI is InChI=1S/C10H14N8O4S/c1-3-5(7(11)17-9(13)15-3)21-23(19,20)22-6-4(2)16-10(14)18-8(6)12/h1-2H3,(H4,11,13,15,17)(H4,12,14,16,18). The zero-order valence-electron chi connectivity index (χ0n) is 12.1. The van der Waals surface area contributed by atoms with Crippen molar-refractivity contribution < 1.29 is 16.8 Å². The minimum absolute atomic E-state index is 0.112. The molecule has 0 aromatic carbocycles. The fraction of sp³-hybridized carbons (Fsp3) is 0.200. The molecular weight excluding hydrogens is 328 g/mol. The number of nitrogen functional groups attached to an aromatic ring is 4. The van der Waals surface area contributed by atoms with Crippen LogP contribution in [0.5, 0.6) is 11.5 Å². The Morgan fingerprint density at radius 2 is 1.09 bits per heavy atom. The topological polar surface area (TPSA) is 208 Å². The average Bonchev–Trinajstić information content (AvgIpc) is 2.38. The van der Waals surface area contributed by atoms with Gasteiger partial charge in [0.15, 0.2) is 11.6 Å². The Morgan fingerprint density at radius 3 is 1.39 bits per heavy atom. The Kier molecular flexibility index (Phi) is 3.97. The van der Waals surface area contributed by atoms with Crippen LogP contribution in [0.15, 0.2) is 0 Å². The molecule has 2 heterocycles. The minimum Gasteiger partial charge on any atom is -0.380 e. The smallest absolute Gasteiger partial charge is 0.380 e. The first-order valence-corrected chi connectivity index (χ1v) is 7.35. The van der Waals surface area contributed by atoms with Gasteiger partial charge in [0.1, 0.15) is 0 Å². The maximum atomic E-state index is 12.0. The average molecular weight is 342 g/mol. The number of nitrogens with two attached hydrogens (primary N) is 4. The van der Waals surface area contributed by atoms with E-state index >= 15 is 0 Å². The molecular formula is C10H14N8O4S. The second-order valence-electron chi connectivity index (χ2n) is 4.34. The third kappa shape index (κ3) is 3.57. The van der Waals surface area contributed by atoms with Gasteiger partial charge in [0.2, 0.25) is 23.4 Å². The van der Waals surface area contributed by atoms with Crippen molar-refractivity contribution in [1.82, 2.24) is 19.9 Å². The molecule has 0 atom stereocenters. The summed E-state index contributed by atoms with van der Waals surface area (Å²) in [7, 11) is -4.61. The van der Waals surface area contributed by atoms with E-state index in [1.54, 1.807) is 0 Å². The third-order valence-corrected chi connectivity index (χ3v) is 3.27. The molecule has 2 aromatic rings. The third-order valence-electron chi connectivity index (χ3n) is 2.53. The number of nitrogens with zero attached hydrogens (tertiary/aromatic N) is 4. The van der Waals surface area contributed by atoms with Crippen LogP contribution in [0.2, 0.25) is 0 Å². The van der Waals surface area contributed by atoms with Crippen LogP contribution in [-0.4, -0.2) is 28.4 Å². The van der Waals surface area contributed by atoms with Gasteiger partial charge in [0, 0.05) is 0 Å². The quantitative estimate of drug-likeness (QED) is 0.522. The highest BCUT2D eigenvalue weighted by Gasteiger charge is 2.24. The van der Waals surface area contributed by atoms with E-state index in [0.717, 1.165) is 0 Å². The second-order valence-corrected chi connectivity index (χ2v) is 5.49. The SMILES string of the molecule is Cc1nc(N)nc(N)c1OS(=O)(=O)Oc1c(C)nc(N)nc1N. The largest absolute Gasteiger partial charge is 0.501 e. The molecule has 0 aliphatic rings. The van der Waals surface area contributed by atoms with E-state index < -0.39 is 10.4 Å². The number of hydrogen-bond donors (Lipinski definition) is 4. The molecule has 23 heavy (non-hydrogen) atoms. The summed E-state index contributed by atoms with van der Waals surface area (Å²) < 4.78 is 33.6. The summed E-state index contributed by atoms with van der Waals surface area (Å²) in [5.41, 5.74) is 22.1. The monoisotopic (exact) mass is 342 g/mol. The van der Waals surface area contributed by atoms with Crippen molar-refractivity contribution in [3.8, 4) is 11.5 Å². The number of rotatable bonds is 4. The van der Waals surface area contributed by atoms with Gasteiger partial charge >= 0.3 is 10.4 Å². The lowest BCUT2D eigenvalue weighted by Crippen LogP contribution is -2.20. The first-order chi connectivity index (χ1) is 10.6. The molecule has 0 fully saturated rings. The lowest BCUT2D eigenvalue weighted by molar-refractivity contribution is 0.389. The van der Waals surface area contributed by atoms with Gasteiger partial charge in [-0.1, -0.05) is 0 Å². The van der Waals surface area contributed by atoms with Crippen molar-refractivity contribution in [2.24, 2.45) is 0 Å². The lowest BCUT2D eigenvalue weighted by atomic mass is 10.4. The van der Waals surface area contributed by atoms with Crippen LogP contribution in [0.4, 0.5) is 23.5 Å². The first-order valence-electron chi connectivity index (χ1n) is 6.02. The van der Waals surface area contributed by atoms with E-state index in [4.69, 9.17) is 31.3 Å². The molecule has 2 aromatic heterocycles. The molecule has 0 amide bonds. The second kappa shape index (κ2) is 5.60. The van der Waals surface area contributed by atoms with Gasteiger partial charge < -0.3 is 31.3 Å². The zero-order valence-corrected chi connectivity index (χ0v) is 13.0. The van der Waals surface area contributed by atoms with Crippen molar-refractivity contribution in [2.75, 3.05) is 22.9 Å². The predicted octanol–water partition coefficient (Wildman–Crippen LogP) is -1.09. The highest BCUT2D eigenvalue weighted by Crippen LogP contribution is 2.28. The van der Waals surface area contributed by atoms with Crippen molar-refractivity contribution in [3.63, 3.8) is 0 Å². The Balaban J connectivity index is 2.35. The maximum absolute atomic E-state index is 12.0. The van der Waals surface area contributed by atoms with E-state index in [9.17, 15) is 8.42 Å². The normalized spacial score (nSPS) is 11.2. The van der Waals surface area contributed by atoms with Crippen LogP contribution < -0.4 is 31.3 Å². The molecule has 0 aliphatic carbocycles. The molecule has 0 saturated carbocycles. The number of anilines is 4. The van der Waals surface area contributed by atoms with Crippen LogP contribution in [0.25, 0.3) is 0 Å². The molecule has 0 aliphatic heterocycles. The van der Waals surface area contributed by atoms with Crippen molar-refractivity contribution in [3.05, 3.63) is 11.4 Å². The van der Waals surface area contributed by atoms with Crippen molar-refractivity contribution in [2.45, 2.75) is 13.8 Å². The first kappa shape index (κ1) is 16.3. The summed E-state index contributed by atoms with van der Waals surface area (Å²) in [5, 5.41) is 0. The summed E-state index contributed by atoms with van der Waals surface area (Å²) in [4.78, 5) is 14.7. The van der Waals surface area contributed by atoms with Gasteiger partial charge in [-0.15, -0.1) is 8.42 Å². The van der Waals surface area contributed by atoms with Gasteiger partial charge in [0.05, 0.1) is 11.4 Å². The van der Waals surface area contributed by atoms with E-state index in [1.807, 2.05) is 0 Å². The molecule has 0 saturated heterocycles. The summed E-state index contributed by atoms with van der Waals surface area (Å²) in [6, 6.07) is 0. The lowest BCUT2D eigenvalue weighted by Gasteiger charge is -2.13. The minimum atomic E-state index is -4.61. The van der Waals surface area contributed by atoms with Crippen molar-refractivity contribution in [1.29, 1.82) is 0 Å². The molecule has 13 heteroatoms. The van der Waals surface area contributed by atoms with E-state index in [0.29, 0.717) is 0 Å². The molecule has 0 spiro atoms. The summed E-state index contributed by atoms with van der Waals surface area (Å²) in [6.45, 7) is 2.87. The summed E-state index contributed by atoms with van der Waals surface area (Å²) in [5.74, 6) is -1.41. The highest BCUT2D eigenvalue weighted by atomic mass is 32.3. The number of hydrogen-bond acceptors (Lipinski definition) is 12. The van der Waals surface area contributed by atoms with E-state index in [2.05, 4.69) is 19.9 Å². The number of aromatic nitrogens is 4. The van der Waals surface area contributed by atoms with Gasteiger partial charge in [-0.3, -0.25) is 0 Å². The molecule has 0 radical (unpaired) electrons. The Labute approximate surface area is 131 Å². The molecule has 12 nitrogen and oxygen atoms in total. The molecule has 124 valence electrons. The van der Waals surface area contributed by atoms with Gasteiger partial charge in [-0.05, 0) is 13.8 Å². The molecule has 2 rings (SSSR count). The van der Waals surface area contributed by atoms with Crippen LogP contribution in [-0.2, 0) is 10.4 Å². The van der Waals surface area contributed by atoms with E-state index in [-0.39, 0.29) is 46.4 Å². The fourth-order valence-corrected chi connectivity index (χ4v) is 2.50. The molecule has 8 N–H and O–H groups in total. The van der Waals surface area contributed by atoms with Crippen LogP contribution in [0.1, 0.15) is 11.4 Å². The van der Waals surface area contributed by atoms with E-state index in [1.165, 1.54) is 13.8 Å². The zero-order chi connectivity index (χ0) is 17.4. The van der Waals surface area contributed by atoms with Crippen molar-refractivity contribution >= 4 is 33.9 Å². The van der Waals surface area contributed by atoms with Gasteiger partial charge in [-0.25, -0.2) is 9.97 Å². The Morgan fingerprint density at radius 1 is 0.739 bits per heavy atom. The maximum Gasteiger partial charge on any atom is 0.501 e. The van der Waals surface area contributed by atoms with Crippen LogP contribution in [0, 0.1) is 13.8 Å². The summed E-state index contributed by atoms with van der Waals surface area (Å²) >= 11 is 0. The van der Waals surface area contributed by atoms with Gasteiger partial charge in [-0.2, -0.15) is 9.97 Å². The highest BCUT2D eigenvalue weighted by molar-refractivity contribution is 7.82. The molecule has 0 unspecified atom stereocenters. The summed E-state index contributed by atoms with van der Waals surface area (Å²) in [6.07, 6.45) is 0. The predicted molar refractivity (Wildman–Crippen MR) is 81.4 cm³/mol. The number of aryl methyl sites for hydroxylation is 2. The van der Waals surface area contributed by atoms with Gasteiger partial charge in [0.25, 0.3) is 0 Å². The fourth-order valence-electron chi connectivity index (χ4n) is 1.64. The Bertz CT molecular complexity index is 758.